The quantitative estimate of drug-likeness (QED) is 0.0126. The lowest BCUT2D eigenvalue weighted by Gasteiger charge is -2.30. The standard InChI is InChI=1S/C18H21N3O2S.C12H15N3O4.C12H17N3O2.C8H6N2O4.C6H7NS2.C4H10ClN.ClH.HI/c1-20(2)7-8-21-15-6-5-13(11-16(15)23-12-18(21)22)10-14(19)17-4-3-9-24-17;1-13(2)5-6-14-10-4-3-9(15(17)18)7-11(10)19-8-12(14)16;1-14(2)5-6-15-10-4-3-9(13)7-11(10)17-8-12(15)16;11-8-4-14-7-3-5(10(12)13)1-2-6(7)9-8;1-8-6(7)5-3-2-4-9-5;1-6(2)4-3-5;;/h3-6,9,11,19H,7-8,10,12H2,1-2H3;3-4,7H,5-6,8H2,1-2H3;3-4,7H,5-6,8,13H2,1-2H3;1-3H,4H2,(H,9,11);2-4,7H,1H3;3-4H2,1-2H3;2*1H. The van der Waals surface area contributed by atoms with Crippen LogP contribution in [-0.2, 0) is 25.6 Å². The van der Waals surface area contributed by atoms with Crippen molar-refractivity contribution in [3.63, 3.8) is 0 Å². The molecule has 4 aliphatic rings. The molecule has 31 heteroatoms. The molecule has 6 heterocycles. The number of nitro groups is 2. The molecule has 0 radical (unpaired) electrons. The van der Waals surface area contributed by atoms with E-state index in [1.54, 1.807) is 55.6 Å². The number of nitro benzene ring substituents is 2. The van der Waals surface area contributed by atoms with Gasteiger partial charge in [-0.15, -0.1) is 82.4 Å². The Bertz CT molecular complexity index is 3390. The number of benzene rings is 4. The molecule has 0 bridgehead atoms. The number of nitrogens with one attached hydrogen (secondary N) is 3. The number of non-ortho nitro benzene ring substituents is 2. The van der Waals surface area contributed by atoms with Crippen LogP contribution in [0.1, 0.15) is 15.3 Å². The molecule has 6 aromatic rings. The van der Waals surface area contributed by atoms with Crippen molar-refractivity contribution in [2.75, 3.05) is 167 Å². The average Bonchev–Trinajstić information content (AvgIpc) is 1.48. The Morgan fingerprint density at radius 2 is 1.02 bits per heavy atom. The lowest BCUT2D eigenvalue weighted by atomic mass is 10.1. The number of alkyl halides is 1. The molecule has 0 unspecified atom stereocenters. The molecule has 4 amide bonds. The van der Waals surface area contributed by atoms with Crippen LogP contribution in [0.5, 0.6) is 23.0 Å². The number of thioether (sulfide) groups is 1. The van der Waals surface area contributed by atoms with E-state index in [0.717, 1.165) is 58.0 Å². The fourth-order valence-corrected chi connectivity index (χ4v) is 10.4. The van der Waals surface area contributed by atoms with Gasteiger partial charge in [0.15, 0.2) is 32.2 Å². The number of hydrogen-bond acceptors (Lipinski definition) is 22. The summed E-state index contributed by atoms with van der Waals surface area (Å²) in [5.41, 5.74) is 10.5. The van der Waals surface area contributed by atoms with Crippen LogP contribution in [0, 0.1) is 31.0 Å². The Morgan fingerprint density at radius 1 is 0.604 bits per heavy atom. The van der Waals surface area contributed by atoms with E-state index < -0.39 is 9.85 Å². The van der Waals surface area contributed by atoms with E-state index in [1.807, 2.05) is 137 Å². The van der Waals surface area contributed by atoms with Gasteiger partial charge in [-0.1, -0.05) is 18.2 Å². The third-order valence-corrected chi connectivity index (χ3v) is 15.5. The normalized spacial score (nSPS) is 13.1. The summed E-state index contributed by atoms with van der Waals surface area (Å²) >= 11 is 10.0. The van der Waals surface area contributed by atoms with Crippen LogP contribution in [0.15, 0.2) is 108 Å². The maximum Gasteiger partial charge on any atom is 0.273 e. The molecule has 0 spiro atoms. The largest absolute Gasteiger partial charge is 0.482 e. The van der Waals surface area contributed by atoms with Gasteiger partial charge in [-0.05, 0) is 127 Å². The predicted octanol–water partition coefficient (Wildman–Crippen LogP) is 9.27. The van der Waals surface area contributed by atoms with E-state index in [2.05, 4.69) is 10.2 Å². The number of ether oxygens (including phenoxy) is 4. The number of thiophene rings is 2. The summed E-state index contributed by atoms with van der Waals surface area (Å²) in [5, 5.41) is 43.9. The summed E-state index contributed by atoms with van der Waals surface area (Å²) in [6.45, 7) is 5.11. The van der Waals surface area contributed by atoms with Crippen molar-refractivity contribution in [2.45, 2.75) is 6.42 Å². The van der Waals surface area contributed by atoms with Gasteiger partial charge in [-0.2, -0.15) is 0 Å². The third-order valence-electron chi connectivity index (χ3n) is 12.8. The number of likely N-dealkylation sites (N-methyl/N-ethyl adjacent to an activating group) is 3. The van der Waals surface area contributed by atoms with Gasteiger partial charge in [0.05, 0.1) is 55.3 Å². The Kier molecular flexibility index (Phi) is 33.7. The molecular formula is C60H78Cl2IN13O12S3. The fraction of sp³-hybridized carbons (Fsp3) is 0.367. The van der Waals surface area contributed by atoms with Crippen LogP contribution in [0.2, 0.25) is 0 Å². The Morgan fingerprint density at radius 3 is 1.45 bits per heavy atom. The van der Waals surface area contributed by atoms with E-state index in [4.69, 9.17) is 47.1 Å². The molecule has 0 saturated carbocycles. The Labute approximate surface area is 570 Å². The average molecular weight is 1470 g/mol. The van der Waals surface area contributed by atoms with Crippen molar-refractivity contribution in [1.82, 2.24) is 19.6 Å². The number of anilines is 5. The Balaban J connectivity index is 0.000000296. The van der Waals surface area contributed by atoms with Crippen molar-refractivity contribution >= 4 is 157 Å². The second-order valence-electron chi connectivity index (χ2n) is 20.8. The summed E-state index contributed by atoms with van der Waals surface area (Å²) in [6.07, 6.45) is 2.48. The number of amides is 4. The summed E-state index contributed by atoms with van der Waals surface area (Å²) in [7, 11) is 15.8. The number of hydrogen-bond donors (Lipinski definition) is 4. The Hall–Kier alpha value is -7.20. The van der Waals surface area contributed by atoms with Crippen molar-refractivity contribution in [2.24, 2.45) is 0 Å². The zero-order chi connectivity index (χ0) is 65.3. The number of nitrogens with zero attached hydrogens (tertiary/aromatic N) is 9. The lowest BCUT2D eigenvalue weighted by molar-refractivity contribution is -0.385. The molecule has 2 aromatic heterocycles. The van der Waals surface area contributed by atoms with Crippen LogP contribution in [0.25, 0.3) is 0 Å². The number of carbonyl (C=O) groups is 4. The SMILES string of the molecule is CN(C)CCCl.CN(C)CCN1C(=O)COc2cc(CC(=N)c3cccs3)ccc21.CN(C)CCN1C(=O)COc2cc(N)ccc21.CN(C)CCN1C(=O)COc2cc([N+](=O)[O-])ccc21.CSC(=N)c1cccs1.Cl.I.O=C1COc2cc([N+](=O)[O-])ccc2N1. The number of fused-ring (bicyclic) bond motifs is 4. The highest BCUT2D eigenvalue weighted by Crippen LogP contribution is 2.37. The first-order valence-corrected chi connectivity index (χ1v) is 31.1. The van der Waals surface area contributed by atoms with Crippen LogP contribution < -0.4 is 44.7 Å². The van der Waals surface area contributed by atoms with E-state index in [9.17, 15) is 39.4 Å². The van der Waals surface area contributed by atoms with E-state index >= 15 is 0 Å². The lowest BCUT2D eigenvalue weighted by Crippen LogP contribution is -2.42. The highest BCUT2D eigenvalue weighted by atomic mass is 127. The first-order valence-electron chi connectivity index (χ1n) is 27.6. The summed E-state index contributed by atoms with van der Waals surface area (Å²) in [6, 6.07) is 27.4. The molecule has 4 aromatic carbocycles. The topological polar surface area (TPSA) is 300 Å². The van der Waals surface area contributed by atoms with Gasteiger partial charge in [-0.3, -0.25) is 44.8 Å². The summed E-state index contributed by atoms with van der Waals surface area (Å²) < 4.78 is 21.2. The highest BCUT2D eigenvalue weighted by Gasteiger charge is 2.29. The molecule has 10 rings (SSSR count). The number of carbonyl (C=O) groups excluding carboxylic acids is 4. The van der Waals surface area contributed by atoms with Crippen molar-refractivity contribution in [3.8, 4) is 23.0 Å². The molecule has 4 aliphatic heterocycles. The molecule has 0 aliphatic carbocycles. The summed E-state index contributed by atoms with van der Waals surface area (Å²) in [4.78, 5) is 82.1. The zero-order valence-corrected chi connectivity index (χ0v) is 58.4. The maximum atomic E-state index is 12.1. The van der Waals surface area contributed by atoms with E-state index in [1.165, 1.54) is 42.1 Å². The fourth-order valence-electron chi connectivity index (χ4n) is 8.12. The van der Waals surface area contributed by atoms with Crippen LogP contribution in [0.4, 0.5) is 39.8 Å². The summed E-state index contributed by atoms with van der Waals surface area (Å²) in [5.74, 6) is 2.44. The molecule has 494 valence electrons. The van der Waals surface area contributed by atoms with Gasteiger partial charge in [0.25, 0.3) is 35.0 Å². The smallest absolute Gasteiger partial charge is 0.273 e. The van der Waals surface area contributed by atoms with Gasteiger partial charge >= 0.3 is 0 Å². The van der Waals surface area contributed by atoms with Gasteiger partial charge in [-0.25, -0.2) is 0 Å². The number of nitrogen functional groups attached to an aromatic ring is 1. The minimum atomic E-state index is -0.514. The maximum absolute atomic E-state index is 12.1. The molecule has 0 saturated heterocycles. The predicted molar refractivity (Wildman–Crippen MR) is 378 cm³/mol. The minimum Gasteiger partial charge on any atom is -0.482 e. The number of halogens is 3. The minimum absolute atomic E-state index is 0. The third kappa shape index (κ3) is 25.1. The van der Waals surface area contributed by atoms with Gasteiger partial charge in [0.2, 0.25) is 0 Å². The zero-order valence-electron chi connectivity index (χ0n) is 52.0. The first kappa shape index (κ1) is 78.0. The molecule has 5 N–H and O–H groups in total. The van der Waals surface area contributed by atoms with E-state index in [0.29, 0.717) is 77.7 Å². The molecule has 0 fully saturated rings. The van der Waals surface area contributed by atoms with Crippen LogP contribution in [0.3, 0.4) is 0 Å². The van der Waals surface area contributed by atoms with Crippen molar-refractivity contribution in [1.29, 1.82) is 10.8 Å². The number of rotatable bonds is 17. The molecule has 91 heavy (non-hydrogen) atoms. The van der Waals surface area contributed by atoms with Gasteiger partial charge in [0.1, 0.15) is 22.3 Å². The molecule has 25 nitrogen and oxygen atoms in total. The van der Waals surface area contributed by atoms with Crippen molar-refractivity contribution < 1.29 is 48.0 Å². The first-order chi connectivity index (χ1) is 42.4. The second kappa shape index (κ2) is 39.3. The van der Waals surface area contributed by atoms with E-state index in [-0.39, 0.29) is 97.8 Å². The highest BCUT2D eigenvalue weighted by molar-refractivity contribution is 14.0. The van der Waals surface area contributed by atoms with Crippen LogP contribution in [-0.4, -0.2) is 205 Å². The van der Waals surface area contributed by atoms with Crippen molar-refractivity contribution in [3.05, 3.63) is 143 Å². The molecule has 0 atom stereocenters. The number of nitrogens with two attached hydrogens (primary N) is 1. The van der Waals surface area contributed by atoms with Gasteiger partial charge in [0, 0.05) is 86.9 Å². The monoisotopic (exact) mass is 1470 g/mol. The second-order valence-corrected chi connectivity index (χ2v) is 23.9. The molecular weight excluding hydrogens is 1390 g/mol. The van der Waals surface area contributed by atoms with Crippen LogP contribution >= 0.6 is 82.4 Å². The van der Waals surface area contributed by atoms with Gasteiger partial charge < -0.3 is 69.7 Å².